The molecule has 0 aromatic heterocycles. The number of nitrogens with one attached hydrogen (secondary N) is 1. The molecule has 0 unspecified atom stereocenters. The predicted molar refractivity (Wildman–Crippen MR) is 34.6 cm³/mol. The average Bonchev–Trinajstić information content (AvgIpc) is 1.88. The Kier molecular flexibility index (Phi) is 2.65. The van der Waals surface area contributed by atoms with Crippen molar-refractivity contribution in [2.75, 3.05) is 26.8 Å². The Morgan fingerprint density at radius 1 is 1.90 bits per heavy atom. The van der Waals surface area contributed by atoms with E-state index in [1.54, 1.807) is 7.11 Å². The molecule has 10 heavy (non-hydrogen) atoms. The molecule has 1 aliphatic rings. The largest absolute Gasteiger partial charge is 0.458 e. The zero-order chi connectivity index (χ0) is 7.40. The molecule has 1 atom stereocenters. The van der Waals surface area contributed by atoms with Crippen molar-refractivity contribution < 1.29 is 14.3 Å². The number of rotatable bonds is 2. The number of hydrogen-bond acceptors (Lipinski definition) is 4. The van der Waals surface area contributed by atoms with Crippen LogP contribution in [0.1, 0.15) is 0 Å². The molecule has 0 amide bonds. The fourth-order valence-corrected chi connectivity index (χ4v) is 0.883. The Bertz CT molecular complexity index is 124. The van der Waals surface area contributed by atoms with E-state index in [0.717, 1.165) is 0 Å². The van der Waals surface area contributed by atoms with Crippen LogP contribution in [0.25, 0.3) is 0 Å². The van der Waals surface area contributed by atoms with E-state index in [9.17, 15) is 4.79 Å². The fourth-order valence-electron chi connectivity index (χ4n) is 0.883. The normalized spacial score (nSPS) is 26.1. The van der Waals surface area contributed by atoms with Gasteiger partial charge in [0.15, 0.2) is 0 Å². The van der Waals surface area contributed by atoms with Gasteiger partial charge in [-0.25, -0.2) is 0 Å². The van der Waals surface area contributed by atoms with Crippen LogP contribution in [0, 0.1) is 0 Å². The van der Waals surface area contributed by atoms with Crippen LogP contribution >= 0.6 is 0 Å². The molecule has 0 aromatic rings. The van der Waals surface area contributed by atoms with Crippen LogP contribution in [0.5, 0.6) is 0 Å². The molecule has 1 fully saturated rings. The third-order valence-corrected chi connectivity index (χ3v) is 1.29. The van der Waals surface area contributed by atoms with E-state index in [1.807, 2.05) is 0 Å². The van der Waals surface area contributed by atoms with Crippen LogP contribution in [0.4, 0.5) is 0 Å². The van der Waals surface area contributed by atoms with Gasteiger partial charge in [-0.3, -0.25) is 4.79 Å². The topological polar surface area (TPSA) is 47.6 Å². The van der Waals surface area contributed by atoms with Crippen molar-refractivity contribution >= 4 is 5.97 Å². The second-order valence-electron chi connectivity index (χ2n) is 2.20. The number of carbonyl (C=O) groups is 1. The first-order valence-electron chi connectivity index (χ1n) is 3.22. The maximum absolute atomic E-state index is 10.6. The van der Waals surface area contributed by atoms with E-state index >= 15 is 0 Å². The molecule has 0 spiro atoms. The summed E-state index contributed by atoms with van der Waals surface area (Å²) in [6.45, 7) is 1.48. The highest BCUT2D eigenvalue weighted by atomic mass is 16.6. The molecule has 4 nitrogen and oxygen atoms in total. The molecule has 1 rings (SSSR count). The van der Waals surface area contributed by atoms with E-state index in [0.29, 0.717) is 19.7 Å². The zero-order valence-electron chi connectivity index (χ0n) is 5.92. The van der Waals surface area contributed by atoms with Crippen LogP contribution in [0.3, 0.4) is 0 Å². The van der Waals surface area contributed by atoms with Gasteiger partial charge in [0, 0.05) is 13.7 Å². The molecule has 4 heteroatoms. The van der Waals surface area contributed by atoms with Crippen molar-refractivity contribution in [2.24, 2.45) is 0 Å². The lowest BCUT2D eigenvalue weighted by molar-refractivity contribution is -0.154. The van der Waals surface area contributed by atoms with Crippen LogP contribution < -0.4 is 5.32 Å². The summed E-state index contributed by atoms with van der Waals surface area (Å²) in [5.41, 5.74) is 0. The lowest BCUT2D eigenvalue weighted by atomic mass is 10.3. The summed E-state index contributed by atoms with van der Waals surface area (Å²) in [7, 11) is 1.59. The summed E-state index contributed by atoms with van der Waals surface area (Å²) in [6, 6.07) is 0. The van der Waals surface area contributed by atoms with Gasteiger partial charge in [0.05, 0.1) is 13.2 Å². The summed E-state index contributed by atoms with van der Waals surface area (Å²) in [5.74, 6) is -0.201. The molecule has 58 valence electrons. The Morgan fingerprint density at radius 3 is 3.30 bits per heavy atom. The monoisotopic (exact) mass is 145 g/mol. The Balaban J connectivity index is 2.25. The quantitative estimate of drug-likeness (QED) is 0.514. The second kappa shape index (κ2) is 3.53. The van der Waals surface area contributed by atoms with E-state index in [2.05, 4.69) is 5.32 Å². The van der Waals surface area contributed by atoms with Crippen molar-refractivity contribution in [3.63, 3.8) is 0 Å². The van der Waals surface area contributed by atoms with Gasteiger partial charge >= 0.3 is 5.97 Å². The molecule has 1 N–H and O–H groups in total. The number of cyclic esters (lactones) is 1. The van der Waals surface area contributed by atoms with Gasteiger partial charge in [0.25, 0.3) is 0 Å². The molecule has 1 heterocycles. The van der Waals surface area contributed by atoms with E-state index in [-0.39, 0.29) is 12.1 Å². The molecule has 1 saturated heterocycles. The van der Waals surface area contributed by atoms with Crippen molar-refractivity contribution in [2.45, 2.75) is 6.10 Å². The van der Waals surface area contributed by atoms with Gasteiger partial charge in [0.1, 0.15) is 6.10 Å². The van der Waals surface area contributed by atoms with Crippen LogP contribution in [0.2, 0.25) is 0 Å². The summed E-state index contributed by atoms with van der Waals surface area (Å²) in [4.78, 5) is 10.6. The summed E-state index contributed by atoms with van der Waals surface area (Å²) < 4.78 is 9.71. The van der Waals surface area contributed by atoms with Crippen molar-refractivity contribution in [3.05, 3.63) is 0 Å². The van der Waals surface area contributed by atoms with Crippen molar-refractivity contribution in [3.8, 4) is 0 Å². The SMILES string of the molecule is COC[C@H]1CNCC(=O)O1. The molecule has 0 aromatic carbocycles. The average molecular weight is 145 g/mol. The first kappa shape index (κ1) is 7.50. The molecular formula is C6H11NO3. The van der Waals surface area contributed by atoms with Gasteiger partial charge in [-0.05, 0) is 0 Å². The predicted octanol–water partition coefficient (Wildman–Crippen LogP) is -0.852. The summed E-state index contributed by atoms with van der Waals surface area (Å²) >= 11 is 0. The third kappa shape index (κ3) is 1.97. The molecular weight excluding hydrogens is 134 g/mol. The van der Waals surface area contributed by atoms with Crippen molar-refractivity contribution in [1.29, 1.82) is 0 Å². The highest BCUT2D eigenvalue weighted by Gasteiger charge is 2.18. The number of hydrogen-bond donors (Lipinski definition) is 1. The number of methoxy groups -OCH3 is 1. The Morgan fingerprint density at radius 2 is 2.70 bits per heavy atom. The van der Waals surface area contributed by atoms with Gasteiger partial charge in [-0.15, -0.1) is 0 Å². The minimum atomic E-state index is -0.201. The number of morpholine rings is 1. The molecule has 0 aliphatic carbocycles. The first-order valence-corrected chi connectivity index (χ1v) is 3.22. The molecule has 0 bridgehead atoms. The Labute approximate surface area is 59.5 Å². The number of esters is 1. The van der Waals surface area contributed by atoms with Crippen LogP contribution in [-0.2, 0) is 14.3 Å². The minimum Gasteiger partial charge on any atom is -0.458 e. The second-order valence-corrected chi connectivity index (χ2v) is 2.20. The number of carbonyl (C=O) groups excluding carboxylic acids is 1. The summed E-state index contributed by atoms with van der Waals surface area (Å²) in [5, 5.41) is 2.91. The Hall–Kier alpha value is -0.610. The minimum absolute atomic E-state index is 0.105. The lowest BCUT2D eigenvalue weighted by Crippen LogP contribution is -2.43. The maximum Gasteiger partial charge on any atom is 0.320 e. The van der Waals surface area contributed by atoms with Gasteiger partial charge < -0.3 is 14.8 Å². The summed E-state index contributed by atoms with van der Waals surface area (Å²) in [6.07, 6.45) is -0.105. The van der Waals surface area contributed by atoms with Gasteiger partial charge in [0.2, 0.25) is 0 Å². The van der Waals surface area contributed by atoms with Gasteiger partial charge in [-0.2, -0.15) is 0 Å². The van der Waals surface area contributed by atoms with E-state index in [4.69, 9.17) is 9.47 Å². The van der Waals surface area contributed by atoms with Crippen LogP contribution in [0.15, 0.2) is 0 Å². The van der Waals surface area contributed by atoms with Crippen molar-refractivity contribution in [1.82, 2.24) is 5.32 Å². The van der Waals surface area contributed by atoms with E-state index < -0.39 is 0 Å². The standard InChI is InChI=1S/C6H11NO3/c1-9-4-5-2-7-3-6(8)10-5/h5,7H,2-4H2,1H3/t5-/m1/s1. The molecule has 0 radical (unpaired) electrons. The maximum atomic E-state index is 10.6. The van der Waals surface area contributed by atoms with Crippen LogP contribution in [-0.4, -0.2) is 38.9 Å². The number of ether oxygens (including phenoxy) is 2. The highest BCUT2D eigenvalue weighted by Crippen LogP contribution is 1.96. The molecule has 0 saturated carbocycles. The van der Waals surface area contributed by atoms with Gasteiger partial charge in [-0.1, -0.05) is 0 Å². The van der Waals surface area contributed by atoms with E-state index in [1.165, 1.54) is 0 Å². The first-order chi connectivity index (χ1) is 4.83. The fraction of sp³-hybridized carbons (Fsp3) is 0.833. The zero-order valence-corrected chi connectivity index (χ0v) is 5.92. The smallest absolute Gasteiger partial charge is 0.320 e. The highest BCUT2D eigenvalue weighted by molar-refractivity contribution is 5.72. The molecule has 1 aliphatic heterocycles. The lowest BCUT2D eigenvalue weighted by Gasteiger charge is -2.21. The third-order valence-electron chi connectivity index (χ3n) is 1.29.